The number of thioether (sulfide) groups is 1. The van der Waals surface area contributed by atoms with Crippen molar-refractivity contribution in [2.24, 2.45) is 15.8 Å². The van der Waals surface area contributed by atoms with Gasteiger partial charge in [0.1, 0.15) is 11.5 Å². The van der Waals surface area contributed by atoms with Crippen molar-refractivity contribution in [3.05, 3.63) is 99.1 Å². The van der Waals surface area contributed by atoms with Gasteiger partial charge in [-0.05, 0) is 83.3 Å². The van der Waals surface area contributed by atoms with E-state index >= 15 is 0 Å². The highest BCUT2D eigenvalue weighted by atomic mass is 127. The number of benzene rings is 1. The van der Waals surface area contributed by atoms with Crippen LogP contribution < -0.4 is 0 Å². The summed E-state index contributed by atoms with van der Waals surface area (Å²) in [5, 5.41) is 8.57. The zero-order valence-electron chi connectivity index (χ0n) is 21.9. The number of nitrogens with zero attached hydrogens (tertiary/aromatic N) is 1. The summed E-state index contributed by atoms with van der Waals surface area (Å²) in [5.74, 6) is 1.92. The maximum Gasteiger partial charge on any atom is 0.366 e. The molecule has 0 aliphatic carbocycles. The number of hydrogen-bond acceptors (Lipinski definition) is 4. The van der Waals surface area contributed by atoms with Gasteiger partial charge in [-0.15, -0.1) is 0 Å². The number of allylic oxidation sites excluding steroid dienone is 12. The van der Waals surface area contributed by atoms with Crippen LogP contribution in [-0.4, -0.2) is 16.1 Å². The summed E-state index contributed by atoms with van der Waals surface area (Å²) in [6.07, 6.45) is 17.9. The summed E-state index contributed by atoms with van der Waals surface area (Å²) in [7, 11) is 0. The zero-order valence-corrected chi connectivity index (χ0v) is 24.9. The van der Waals surface area contributed by atoms with Crippen LogP contribution in [0.3, 0.4) is 0 Å². The number of ether oxygens (including phenoxy) is 1. The van der Waals surface area contributed by atoms with Crippen molar-refractivity contribution < 1.29 is 14.6 Å². The minimum absolute atomic E-state index is 0.0768. The highest BCUT2D eigenvalue weighted by Crippen LogP contribution is 2.48. The Kier molecular flexibility index (Phi) is 8.61. The fourth-order valence-electron chi connectivity index (χ4n) is 3.70. The summed E-state index contributed by atoms with van der Waals surface area (Å²) in [5.41, 5.74) is 3.43. The van der Waals surface area contributed by atoms with Crippen LogP contribution >= 0.6 is 34.4 Å². The molecule has 1 atom stereocenters. The van der Waals surface area contributed by atoms with E-state index in [1.54, 1.807) is 0 Å². The molecule has 0 amide bonds. The van der Waals surface area contributed by atoms with E-state index in [1.807, 2.05) is 61.6 Å². The van der Waals surface area contributed by atoms with Crippen LogP contribution in [0.2, 0.25) is 0 Å². The van der Waals surface area contributed by atoms with Gasteiger partial charge in [0.15, 0.2) is 0 Å². The topological polar surface area (TPSA) is 58.9 Å². The molecule has 190 valence electrons. The largest absolute Gasteiger partial charge is 0.473 e. The minimum atomic E-state index is -0.919. The van der Waals surface area contributed by atoms with Gasteiger partial charge in [-0.1, -0.05) is 78.0 Å². The van der Waals surface area contributed by atoms with Crippen molar-refractivity contribution in [2.45, 2.75) is 53.2 Å². The van der Waals surface area contributed by atoms with Crippen molar-refractivity contribution in [3.63, 3.8) is 0 Å². The smallest absolute Gasteiger partial charge is 0.366 e. The Morgan fingerprint density at radius 1 is 1.00 bits per heavy atom. The molecule has 0 bridgehead atoms. The van der Waals surface area contributed by atoms with Crippen molar-refractivity contribution in [2.75, 3.05) is 0 Å². The van der Waals surface area contributed by atoms with Crippen molar-refractivity contribution >= 4 is 51.1 Å². The third-order valence-corrected chi connectivity index (χ3v) is 7.46. The third-order valence-electron chi connectivity index (χ3n) is 5.77. The predicted molar refractivity (Wildman–Crippen MR) is 161 cm³/mol. The van der Waals surface area contributed by atoms with Crippen LogP contribution in [-0.2, 0) is 9.48 Å². The number of halogens is 1. The highest BCUT2D eigenvalue weighted by Gasteiger charge is 2.41. The average molecular weight is 616 g/mol. The molecular weight excluding hydrogens is 581 g/mol. The first kappa shape index (κ1) is 28.3. The number of aliphatic imine (C=N–C) groups is 1. The molecule has 0 radical (unpaired) electrons. The molecule has 1 unspecified atom stereocenters. The monoisotopic (exact) mass is 615 g/mol. The van der Waals surface area contributed by atoms with E-state index in [-0.39, 0.29) is 10.8 Å². The molecule has 4 nitrogen and oxygen atoms in total. The lowest BCUT2D eigenvalue weighted by Gasteiger charge is -2.32. The normalized spacial score (nSPS) is 20.4. The van der Waals surface area contributed by atoms with Gasteiger partial charge in [0, 0.05) is 20.0 Å². The molecule has 2 aliphatic rings. The van der Waals surface area contributed by atoms with Crippen LogP contribution in [0.5, 0.6) is 0 Å². The molecule has 6 heteroatoms. The Bertz CT molecular complexity index is 1220. The Morgan fingerprint density at radius 2 is 1.58 bits per heavy atom. The maximum atomic E-state index is 11.6. The Hall–Kier alpha value is -2.32. The fourth-order valence-corrected chi connectivity index (χ4v) is 5.04. The first-order valence-corrected chi connectivity index (χ1v) is 13.7. The van der Waals surface area contributed by atoms with Crippen molar-refractivity contribution in [1.29, 1.82) is 0 Å². The Labute approximate surface area is 232 Å². The lowest BCUT2D eigenvalue weighted by Crippen LogP contribution is -2.25. The van der Waals surface area contributed by atoms with Gasteiger partial charge in [-0.25, -0.2) is 4.79 Å². The molecule has 3 rings (SSSR count). The molecule has 1 aromatic carbocycles. The van der Waals surface area contributed by atoms with E-state index < -0.39 is 10.0 Å². The van der Waals surface area contributed by atoms with Gasteiger partial charge < -0.3 is 9.84 Å². The molecule has 2 aliphatic heterocycles. The second kappa shape index (κ2) is 11.0. The van der Waals surface area contributed by atoms with Crippen LogP contribution in [0.4, 0.5) is 10.5 Å². The quantitative estimate of drug-likeness (QED) is 0.265. The third kappa shape index (κ3) is 6.91. The predicted octanol–water partition coefficient (Wildman–Crippen LogP) is 9.49. The maximum absolute atomic E-state index is 11.6. The number of carboxylic acid groups (broad SMARTS) is 1. The number of rotatable bonds is 5. The standard InChI is InChI=1S/C30H34INO3S/c1-28(2,3)25-17-20(18-26(35-25)29(4,5)6)13-11-9-8-10-12-14-24-30(7,36-27(33)34)22-19-21(31)15-16-23(22)32-24/h8-19H,1-7H3,(H,33,34)/b10-8+,11-9+,14-12+. The van der Waals surface area contributed by atoms with Crippen LogP contribution in [0.25, 0.3) is 0 Å². The Balaban J connectivity index is 1.75. The van der Waals surface area contributed by atoms with E-state index in [1.165, 1.54) is 0 Å². The van der Waals surface area contributed by atoms with Crippen molar-refractivity contribution in [1.82, 2.24) is 0 Å². The molecule has 0 saturated heterocycles. The lowest BCUT2D eigenvalue weighted by atomic mass is 9.87. The molecule has 36 heavy (non-hydrogen) atoms. The number of carbonyl (C=O) groups is 1. The second-order valence-corrected chi connectivity index (χ2v) is 13.6. The van der Waals surface area contributed by atoms with Crippen LogP contribution in [0.15, 0.2) is 95.0 Å². The molecular formula is C30H34INO3S. The SMILES string of the molecule is CC(C)(C)C1=CC(=C/C=C/C=C/C=C/C2=Nc3ccc(I)cc3C2(C)SC(=O)O)C=C(C(C)(C)C)O1. The van der Waals surface area contributed by atoms with E-state index in [9.17, 15) is 9.90 Å². The molecule has 2 heterocycles. The fraction of sp³-hybridized carbons (Fsp3) is 0.333. The Morgan fingerprint density at radius 3 is 2.17 bits per heavy atom. The zero-order chi connectivity index (χ0) is 26.7. The van der Waals surface area contributed by atoms with Gasteiger partial charge in [-0.2, -0.15) is 0 Å². The molecule has 0 fully saturated rings. The van der Waals surface area contributed by atoms with E-state index in [2.05, 4.69) is 82.4 Å². The average Bonchev–Trinajstić information content (AvgIpc) is 3.02. The second-order valence-electron chi connectivity index (χ2n) is 11.0. The summed E-state index contributed by atoms with van der Waals surface area (Å²) < 4.78 is 6.53. The van der Waals surface area contributed by atoms with Gasteiger partial charge >= 0.3 is 5.30 Å². The highest BCUT2D eigenvalue weighted by molar-refractivity contribution is 14.1. The first-order valence-electron chi connectivity index (χ1n) is 11.9. The summed E-state index contributed by atoms with van der Waals surface area (Å²) in [6, 6.07) is 5.94. The number of fused-ring (bicyclic) bond motifs is 1. The van der Waals surface area contributed by atoms with E-state index in [0.717, 1.165) is 49.4 Å². The molecule has 0 spiro atoms. The number of hydrogen-bond donors (Lipinski definition) is 1. The van der Waals surface area contributed by atoms with Crippen LogP contribution in [0.1, 0.15) is 54.0 Å². The van der Waals surface area contributed by atoms with Gasteiger partial charge in [0.05, 0.1) is 16.1 Å². The lowest BCUT2D eigenvalue weighted by molar-refractivity contribution is 0.161. The summed E-state index contributed by atoms with van der Waals surface area (Å²) in [6.45, 7) is 14.8. The van der Waals surface area contributed by atoms with Gasteiger partial charge in [0.2, 0.25) is 0 Å². The summed E-state index contributed by atoms with van der Waals surface area (Å²) >= 11 is 3.12. The molecule has 0 aromatic heterocycles. The van der Waals surface area contributed by atoms with Crippen LogP contribution in [0, 0.1) is 14.4 Å². The van der Waals surface area contributed by atoms with Gasteiger partial charge in [0.25, 0.3) is 0 Å². The summed E-state index contributed by atoms with van der Waals surface area (Å²) in [4.78, 5) is 16.3. The molecule has 1 aromatic rings. The van der Waals surface area contributed by atoms with E-state index in [4.69, 9.17) is 9.73 Å². The molecule has 0 saturated carbocycles. The van der Waals surface area contributed by atoms with Gasteiger partial charge in [-0.3, -0.25) is 4.99 Å². The van der Waals surface area contributed by atoms with Crippen molar-refractivity contribution in [3.8, 4) is 0 Å². The van der Waals surface area contributed by atoms with E-state index in [0.29, 0.717) is 0 Å². The first-order chi connectivity index (χ1) is 16.7. The molecule has 1 N–H and O–H groups in total. The minimum Gasteiger partial charge on any atom is -0.473 e.